The van der Waals surface area contributed by atoms with Gasteiger partial charge in [0.25, 0.3) is 0 Å². The molecule has 2 heterocycles. The Labute approximate surface area is 217 Å². The Balaban J connectivity index is 1.64. The van der Waals surface area contributed by atoms with Crippen LogP contribution in [0.3, 0.4) is 0 Å². The second-order valence-electron chi connectivity index (χ2n) is 9.23. The van der Waals surface area contributed by atoms with Gasteiger partial charge in [-0.05, 0) is 34.5 Å². The van der Waals surface area contributed by atoms with Crippen LogP contribution in [0, 0.1) is 28.1 Å². The lowest BCUT2D eigenvalue weighted by Crippen LogP contribution is -2.44. The van der Waals surface area contributed by atoms with Crippen LogP contribution in [-0.2, 0) is 0 Å². The average molecular weight is 530 g/mol. The molecule has 4 aromatic carbocycles. The SMILES string of the molecule is N#CC1(C#N)C(c2ccc(Br)cc2)C(C(=O)c2ccccc2)N2c3ccc4ccccc4c3C=CC21. The largest absolute Gasteiger partial charge is 0.351 e. The van der Waals surface area contributed by atoms with E-state index in [0.29, 0.717) is 5.56 Å². The van der Waals surface area contributed by atoms with E-state index in [-0.39, 0.29) is 5.78 Å². The molecule has 2 aliphatic heterocycles. The molecule has 1 saturated heterocycles. The summed E-state index contributed by atoms with van der Waals surface area (Å²) in [7, 11) is 0. The van der Waals surface area contributed by atoms with Gasteiger partial charge in [-0.2, -0.15) is 10.5 Å². The molecule has 5 heteroatoms. The molecule has 4 nitrogen and oxygen atoms in total. The Morgan fingerprint density at radius 2 is 1.56 bits per heavy atom. The molecule has 3 atom stereocenters. The van der Waals surface area contributed by atoms with E-state index in [1.807, 2.05) is 83.8 Å². The third-order valence-corrected chi connectivity index (χ3v) is 8.00. The van der Waals surface area contributed by atoms with E-state index in [9.17, 15) is 15.3 Å². The van der Waals surface area contributed by atoms with Crippen molar-refractivity contribution in [3.8, 4) is 12.1 Å². The normalized spacial score (nSPS) is 21.3. The molecule has 4 aromatic rings. The summed E-state index contributed by atoms with van der Waals surface area (Å²) in [6.07, 6.45) is 3.95. The summed E-state index contributed by atoms with van der Waals surface area (Å²) in [6, 6.07) is 32.4. The molecule has 36 heavy (non-hydrogen) atoms. The van der Waals surface area contributed by atoms with Crippen molar-refractivity contribution in [3.63, 3.8) is 0 Å². The average Bonchev–Trinajstić information content (AvgIpc) is 3.24. The lowest BCUT2D eigenvalue weighted by Gasteiger charge is -2.36. The second kappa shape index (κ2) is 8.48. The van der Waals surface area contributed by atoms with E-state index in [2.05, 4.69) is 40.2 Å². The van der Waals surface area contributed by atoms with Gasteiger partial charge in [0, 0.05) is 27.2 Å². The molecule has 0 spiro atoms. The van der Waals surface area contributed by atoms with Crippen LogP contribution in [0.1, 0.15) is 27.4 Å². The Morgan fingerprint density at radius 1 is 0.861 bits per heavy atom. The Hall–Kier alpha value is -4.19. The van der Waals surface area contributed by atoms with Crippen LogP contribution in [0.2, 0.25) is 0 Å². The molecule has 0 aromatic heterocycles. The molecule has 2 aliphatic rings. The minimum atomic E-state index is -1.46. The number of hydrogen-bond acceptors (Lipinski definition) is 4. The fourth-order valence-corrected chi connectivity index (χ4v) is 6.13. The zero-order valence-corrected chi connectivity index (χ0v) is 20.8. The van der Waals surface area contributed by atoms with Crippen molar-refractivity contribution in [2.45, 2.75) is 18.0 Å². The number of Topliss-reactive ketones (excluding diaryl/α,β-unsaturated/α-hetero) is 1. The number of benzene rings is 4. The highest BCUT2D eigenvalue weighted by Crippen LogP contribution is 2.56. The van der Waals surface area contributed by atoms with Crippen molar-refractivity contribution >= 4 is 44.2 Å². The van der Waals surface area contributed by atoms with Crippen molar-refractivity contribution in [1.29, 1.82) is 10.5 Å². The summed E-state index contributed by atoms with van der Waals surface area (Å²) < 4.78 is 0.893. The molecule has 0 radical (unpaired) electrons. The third kappa shape index (κ3) is 3.14. The summed E-state index contributed by atoms with van der Waals surface area (Å²) >= 11 is 3.48. The maximum Gasteiger partial charge on any atom is 0.185 e. The Bertz CT molecular complexity index is 1600. The molecule has 0 bridgehead atoms. The van der Waals surface area contributed by atoms with Crippen LogP contribution in [0.15, 0.2) is 102 Å². The van der Waals surface area contributed by atoms with Crippen LogP contribution >= 0.6 is 15.9 Å². The summed E-state index contributed by atoms with van der Waals surface area (Å²) in [4.78, 5) is 16.3. The quantitative estimate of drug-likeness (QED) is 0.271. The van der Waals surface area contributed by atoms with Gasteiger partial charge in [0.2, 0.25) is 0 Å². The number of fused-ring (bicyclic) bond motifs is 5. The van der Waals surface area contributed by atoms with E-state index in [1.165, 1.54) is 0 Å². The zero-order valence-electron chi connectivity index (χ0n) is 19.2. The molecule has 0 N–H and O–H groups in total. The van der Waals surface area contributed by atoms with Gasteiger partial charge in [-0.1, -0.05) is 101 Å². The summed E-state index contributed by atoms with van der Waals surface area (Å²) in [5.74, 6) is -0.754. The molecule has 0 amide bonds. The summed E-state index contributed by atoms with van der Waals surface area (Å²) in [5, 5.41) is 23.3. The van der Waals surface area contributed by atoms with E-state index in [4.69, 9.17) is 0 Å². The number of hydrogen-bond donors (Lipinski definition) is 0. The Kier molecular flexibility index (Phi) is 5.25. The highest BCUT2D eigenvalue weighted by molar-refractivity contribution is 9.10. The maximum absolute atomic E-state index is 14.3. The molecular weight excluding hydrogens is 510 g/mol. The number of ketones is 1. The van der Waals surface area contributed by atoms with Gasteiger partial charge in [0.15, 0.2) is 11.2 Å². The highest BCUT2D eigenvalue weighted by Gasteiger charge is 2.63. The molecule has 3 unspecified atom stereocenters. The van der Waals surface area contributed by atoms with E-state index >= 15 is 0 Å². The topological polar surface area (TPSA) is 67.9 Å². The van der Waals surface area contributed by atoms with Crippen LogP contribution in [0.5, 0.6) is 0 Å². The first kappa shape index (κ1) is 22.3. The van der Waals surface area contributed by atoms with Gasteiger partial charge in [0.1, 0.15) is 6.04 Å². The number of nitriles is 2. The van der Waals surface area contributed by atoms with Gasteiger partial charge in [0.05, 0.1) is 18.2 Å². The number of nitrogens with zero attached hydrogens (tertiary/aromatic N) is 3. The van der Waals surface area contributed by atoms with Gasteiger partial charge in [-0.15, -0.1) is 0 Å². The highest BCUT2D eigenvalue weighted by atomic mass is 79.9. The fourth-order valence-electron chi connectivity index (χ4n) is 5.86. The van der Waals surface area contributed by atoms with E-state index in [0.717, 1.165) is 32.1 Å². The number of rotatable bonds is 3. The summed E-state index contributed by atoms with van der Waals surface area (Å²) in [6.45, 7) is 0. The second-order valence-corrected chi connectivity index (χ2v) is 10.1. The number of halogens is 1. The van der Waals surface area contributed by atoms with Crippen molar-refractivity contribution in [1.82, 2.24) is 0 Å². The first-order valence-corrected chi connectivity index (χ1v) is 12.5. The summed E-state index contributed by atoms with van der Waals surface area (Å²) in [5.41, 5.74) is 1.76. The molecule has 172 valence electrons. The van der Waals surface area contributed by atoms with Crippen molar-refractivity contribution in [2.24, 2.45) is 5.41 Å². The predicted molar refractivity (Wildman–Crippen MR) is 144 cm³/mol. The van der Waals surface area contributed by atoms with Crippen molar-refractivity contribution in [2.75, 3.05) is 4.90 Å². The van der Waals surface area contributed by atoms with E-state index < -0.39 is 23.4 Å². The van der Waals surface area contributed by atoms with Gasteiger partial charge in [-0.3, -0.25) is 4.79 Å². The molecule has 6 rings (SSSR count). The molecule has 1 fully saturated rings. The van der Waals surface area contributed by atoms with Gasteiger partial charge in [-0.25, -0.2) is 0 Å². The van der Waals surface area contributed by atoms with Crippen molar-refractivity contribution in [3.05, 3.63) is 118 Å². The van der Waals surface area contributed by atoms with Gasteiger partial charge >= 0.3 is 0 Å². The minimum absolute atomic E-state index is 0.102. The smallest absolute Gasteiger partial charge is 0.185 e. The van der Waals surface area contributed by atoms with Crippen LogP contribution in [-0.4, -0.2) is 17.9 Å². The fraction of sp³-hybridized carbons (Fsp3) is 0.129. The van der Waals surface area contributed by atoms with E-state index in [1.54, 1.807) is 12.1 Å². The first-order valence-electron chi connectivity index (χ1n) is 11.7. The maximum atomic E-state index is 14.3. The lowest BCUT2D eigenvalue weighted by atomic mass is 9.69. The standard InChI is InChI=1S/C31H20BrN3O/c32-23-13-10-21(11-14-23)28-29(30(36)22-7-2-1-3-8-22)35-26-16-12-20-6-4-5-9-24(20)25(26)15-17-27(35)31(28,18-33)19-34/h1-17,27-29H. The molecular formula is C31H20BrN3O. The number of carbonyl (C=O) groups excluding carboxylic acids is 1. The number of anilines is 1. The Morgan fingerprint density at radius 3 is 2.28 bits per heavy atom. The lowest BCUT2D eigenvalue weighted by molar-refractivity contribution is 0.0951. The van der Waals surface area contributed by atoms with Gasteiger partial charge < -0.3 is 4.90 Å². The molecule has 0 aliphatic carbocycles. The zero-order chi connectivity index (χ0) is 24.9. The minimum Gasteiger partial charge on any atom is -0.351 e. The first-order chi connectivity index (χ1) is 17.6. The van der Waals surface area contributed by atoms with Crippen LogP contribution in [0.25, 0.3) is 16.8 Å². The number of carbonyl (C=O) groups is 1. The molecule has 0 saturated carbocycles. The van der Waals surface area contributed by atoms with Crippen molar-refractivity contribution < 1.29 is 4.79 Å². The third-order valence-electron chi connectivity index (χ3n) is 7.47. The predicted octanol–water partition coefficient (Wildman–Crippen LogP) is 6.89. The van der Waals surface area contributed by atoms with Crippen LogP contribution in [0.4, 0.5) is 5.69 Å². The monoisotopic (exact) mass is 529 g/mol. The van der Waals surface area contributed by atoms with Crippen LogP contribution < -0.4 is 4.90 Å².